The maximum atomic E-state index is 5.45. The summed E-state index contributed by atoms with van der Waals surface area (Å²) in [5, 5.41) is 3.99. The first-order chi connectivity index (χ1) is 9.38. The van der Waals surface area contributed by atoms with Gasteiger partial charge in [0.2, 0.25) is 5.89 Å². The molecule has 0 amide bonds. The predicted molar refractivity (Wildman–Crippen MR) is 72.6 cm³/mol. The first kappa shape index (κ1) is 13.7. The first-order valence-electron chi connectivity index (χ1n) is 6.79. The molecule has 5 nitrogen and oxygen atoms in total. The molecule has 5 heteroatoms. The molecule has 19 heavy (non-hydrogen) atoms. The minimum Gasteiger partial charge on any atom is -0.339 e. The Labute approximate surface area is 113 Å². The Morgan fingerprint density at radius 1 is 1.16 bits per heavy atom. The van der Waals surface area contributed by atoms with Crippen molar-refractivity contribution in [3.63, 3.8) is 0 Å². The van der Waals surface area contributed by atoms with Gasteiger partial charge in [0.25, 0.3) is 0 Å². The van der Waals surface area contributed by atoms with Gasteiger partial charge in [0.15, 0.2) is 5.82 Å². The van der Waals surface area contributed by atoms with Gasteiger partial charge in [-0.3, -0.25) is 4.98 Å². The first-order valence-corrected chi connectivity index (χ1v) is 6.79. The molecule has 0 fully saturated rings. The molecule has 0 saturated heterocycles. The van der Waals surface area contributed by atoms with Crippen LogP contribution in [0.15, 0.2) is 29.0 Å². The lowest BCUT2D eigenvalue weighted by molar-refractivity contribution is 0.369. The van der Waals surface area contributed by atoms with Crippen LogP contribution in [0.25, 0.3) is 0 Å². The van der Waals surface area contributed by atoms with Crippen molar-refractivity contribution in [3.05, 3.63) is 41.8 Å². The molecule has 0 aromatic carbocycles. The van der Waals surface area contributed by atoms with E-state index in [0.29, 0.717) is 6.42 Å². The predicted octanol–water partition coefficient (Wildman–Crippen LogP) is 2.12. The molecule has 0 aliphatic heterocycles. The molecule has 0 unspecified atom stereocenters. The summed E-state index contributed by atoms with van der Waals surface area (Å²) in [5.41, 5.74) is 6.55. The topological polar surface area (TPSA) is 77.8 Å². The largest absolute Gasteiger partial charge is 0.339 e. The van der Waals surface area contributed by atoms with Crippen LogP contribution < -0.4 is 5.73 Å². The molecule has 0 radical (unpaired) electrons. The lowest BCUT2D eigenvalue weighted by atomic mass is 10.1. The summed E-state index contributed by atoms with van der Waals surface area (Å²) in [7, 11) is 0. The van der Waals surface area contributed by atoms with E-state index in [4.69, 9.17) is 10.3 Å². The van der Waals surface area contributed by atoms with Crippen molar-refractivity contribution in [3.8, 4) is 0 Å². The molecular weight excluding hydrogens is 240 g/mol. The second-order valence-electron chi connectivity index (χ2n) is 4.60. The highest BCUT2D eigenvalue weighted by Crippen LogP contribution is 2.08. The Kier molecular flexibility index (Phi) is 5.49. The van der Waals surface area contributed by atoms with Crippen molar-refractivity contribution in [2.45, 2.75) is 38.5 Å². The lowest BCUT2D eigenvalue weighted by Gasteiger charge is -1.96. The van der Waals surface area contributed by atoms with Crippen LogP contribution in [0.5, 0.6) is 0 Å². The number of pyridine rings is 1. The zero-order valence-corrected chi connectivity index (χ0v) is 11.1. The van der Waals surface area contributed by atoms with Gasteiger partial charge in [-0.2, -0.15) is 4.98 Å². The SMILES string of the molecule is NCCCCCCc1nc(Cc2cccnc2)no1. The van der Waals surface area contributed by atoms with Crippen molar-refractivity contribution in [1.29, 1.82) is 0 Å². The second-order valence-corrected chi connectivity index (χ2v) is 4.60. The minimum absolute atomic E-state index is 0.671. The zero-order valence-electron chi connectivity index (χ0n) is 11.1. The molecule has 0 saturated carbocycles. The molecule has 2 aromatic heterocycles. The average molecular weight is 260 g/mol. The summed E-state index contributed by atoms with van der Waals surface area (Å²) in [4.78, 5) is 8.46. The van der Waals surface area contributed by atoms with Crippen LogP contribution in [0.4, 0.5) is 0 Å². The fourth-order valence-corrected chi connectivity index (χ4v) is 1.92. The van der Waals surface area contributed by atoms with Crippen LogP contribution >= 0.6 is 0 Å². The molecular formula is C14H20N4O. The minimum atomic E-state index is 0.671. The molecule has 102 valence electrons. The van der Waals surface area contributed by atoms with E-state index in [1.807, 2.05) is 18.3 Å². The van der Waals surface area contributed by atoms with Gasteiger partial charge in [-0.1, -0.05) is 24.1 Å². The summed E-state index contributed by atoms with van der Waals surface area (Å²) < 4.78 is 5.24. The van der Waals surface area contributed by atoms with Crippen LogP contribution in [0.3, 0.4) is 0 Å². The van der Waals surface area contributed by atoms with Crippen molar-refractivity contribution in [2.24, 2.45) is 5.73 Å². The van der Waals surface area contributed by atoms with Gasteiger partial charge in [-0.25, -0.2) is 0 Å². The Morgan fingerprint density at radius 2 is 2.05 bits per heavy atom. The van der Waals surface area contributed by atoms with Crippen LogP contribution in [0.1, 0.15) is 43.0 Å². The van der Waals surface area contributed by atoms with E-state index in [-0.39, 0.29) is 0 Å². The molecule has 0 atom stereocenters. The smallest absolute Gasteiger partial charge is 0.226 e. The normalized spacial score (nSPS) is 10.8. The molecule has 0 aliphatic carbocycles. The van der Waals surface area contributed by atoms with Gasteiger partial charge in [0.05, 0.1) is 0 Å². The highest BCUT2D eigenvalue weighted by molar-refractivity contribution is 5.13. The molecule has 2 N–H and O–H groups in total. The van der Waals surface area contributed by atoms with E-state index in [0.717, 1.165) is 49.5 Å². The Hall–Kier alpha value is -1.75. The Bertz CT molecular complexity index is 469. The lowest BCUT2D eigenvalue weighted by Crippen LogP contribution is -1.98. The molecule has 0 aliphatic rings. The van der Waals surface area contributed by atoms with Crippen molar-refractivity contribution in [2.75, 3.05) is 6.54 Å². The maximum Gasteiger partial charge on any atom is 0.226 e. The van der Waals surface area contributed by atoms with E-state index >= 15 is 0 Å². The highest BCUT2D eigenvalue weighted by atomic mass is 16.5. The maximum absolute atomic E-state index is 5.45. The van der Waals surface area contributed by atoms with Crippen LogP contribution in [-0.4, -0.2) is 21.7 Å². The van der Waals surface area contributed by atoms with Crippen LogP contribution in [-0.2, 0) is 12.8 Å². The summed E-state index contributed by atoms with van der Waals surface area (Å²) in [6.07, 6.45) is 9.61. The molecule has 2 heterocycles. The summed E-state index contributed by atoms with van der Waals surface area (Å²) >= 11 is 0. The fraction of sp³-hybridized carbons (Fsp3) is 0.500. The van der Waals surface area contributed by atoms with Gasteiger partial charge >= 0.3 is 0 Å². The third-order valence-electron chi connectivity index (χ3n) is 2.94. The average Bonchev–Trinajstić information content (AvgIpc) is 2.87. The highest BCUT2D eigenvalue weighted by Gasteiger charge is 2.06. The molecule has 2 rings (SSSR count). The fourth-order valence-electron chi connectivity index (χ4n) is 1.92. The third kappa shape index (κ3) is 4.79. The third-order valence-corrected chi connectivity index (χ3v) is 2.94. The standard InChI is InChI=1S/C14H20N4O/c15-8-4-2-1-3-7-14-17-13(18-19-14)10-12-6-5-9-16-11-12/h5-6,9,11H,1-4,7-8,10,15H2. The van der Waals surface area contributed by atoms with Crippen molar-refractivity contribution >= 4 is 0 Å². The van der Waals surface area contributed by atoms with Crippen LogP contribution in [0.2, 0.25) is 0 Å². The van der Waals surface area contributed by atoms with E-state index in [1.54, 1.807) is 6.20 Å². The van der Waals surface area contributed by atoms with Crippen molar-refractivity contribution < 1.29 is 4.52 Å². The molecule has 0 bridgehead atoms. The number of hydrogen-bond acceptors (Lipinski definition) is 5. The van der Waals surface area contributed by atoms with Gasteiger partial charge in [0.1, 0.15) is 0 Å². The monoisotopic (exact) mass is 260 g/mol. The van der Waals surface area contributed by atoms with E-state index in [1.165, 1.54) is 6.42 Å². The van der Waals surface area contributed by atoms with Crippen LogP contribution in [0, 0.1) is 0 Å². The summed E-state index contributed by atoms with van der Waals surface area (Å²) in [5.74, 6) is 1.46. The second kappa shape index (κ2) is 7.63. The molecule has 0 spiro atoms. The number of aryl methyl sites for hydroxylation is 1. The molecule has 2 aromatic rings. The van der Waals surface area contributed by atoms with Gasteiger partial charge in [-0.05, 0) is 31.0 Å². The number of nitrogens with zero attached hydrogens (tertiary/aromatic N) is 3. The van der Waals surface area contributed by atoms with Gasteiger partial charge in [-0.15, -0.1) is 0 Å². The summed E-state index contributed by atoms with van der Waals surface area (Å²) in [6.45, 7) is 0.774. The van der Waals surface area contributed by atoms with E-state index in [9.17, 15) is 0 Å². The Morgan fingerprint density at radius 3 is 2.84 bits per heavy atom. The Balaban J connectivity index is 1.76. The number of hydrogen-bond donors (Lipinski definition) is 1. The van der Waals surface area contributed by atoms with Crippen molar-refractivity contribution in [1.82, 2.24) is 15.1 Å². The number of nitrogens with two attached hydrogens (primary N) is 1. The van der Waals surface area contributed by atoms with E-state index in [2.05, 4.69) is 15.1 Å². The quantitative estimate of drug-likeness (QED) is 0.735. The van der Waals surface area contributed by atoms with E-state index < -0.39 is 0 Å². The number of aromatic nitrogens is 3. The van der Waals surface area contributed by atoms with Gasteiger partial charge in [0, 0.05) is 25.2 Å². The van der Waals surface area contributed by atoms with Gasteiger partial charge < -0.3 is 10.3 Å². The number of rotatable bonds is 8. The summed E-state index contributed by atoms with van der Waals surface area (Å²) in [6, 6.07) is 3.92. The zero-order chi connectivity index (χ0) is 13.3. The number of unbranched alkanes of at least 4 members (excludes halogenated alkanes) is 3.